The molecule has 1 saturated heterocycles. The summed E-state index contributed by atoms with van der Waals surface area (Å²) in [6.07, 6.45) is -0.606. The first-order chi connectivity index (χ1) is 10.7. The van der Waals surface area contributed by atoms with Gasteiger partial charge in [-0.3, -0.25) is 14.9 Å². The van der Waals surface area contributed by atoms with Gasteiger partial charge in [0.2, 0.25) is 0 Å². The molecular weight excluding hydrogens is 324 g/mol. The topological polar surface area (TPSA) is 116 Å². The van der Waals surface area contributed by atoms with E-state index in [4.69, 9.17) is 4.74 Å². The number of hydrogen-bond donors (Lipinski definition) is 1. The van der Waals surface area contributed by atoms with E-state index in [0.29, 0.717) is 12.0 Å². The van der Waals surface area contributed by atoms with E-state index in [-0.39, 0.29) is 22.9 Å². The first-order valence-electron chi connectivity index (χ1n) is 7.10. The van der Waals surface area contributed by atoms with Crippen LogP contribution in [0.4, 0.5) is 5.69 Å². The Morgan fingerprint density at radius 2 is 2.17 bits per heavy atom. The molecule has 0 bridgehead atoms. The second-order valence-corrected chi connectivity index (χ2v) is 7.83. The predicted molar refractivity (Wildman–Crippen MR) is 83.1 cm³/mol. The summed E-state index contributed by atoms with van der Waals surface area (Å²) in [7, 11) is -3.09. The first-order valence-corrected chi connectivity index (χ1v) is 8.92. The van der Waals surface area contributed by atoms with E-state index in [2.05, 4.69) is 5.32 Å². The van der Waals surface area contributed by atoms with Gasteiger partial charge < -0.3 is 10.1 Å². The number of nitrogens with zero attached hydrogens (tertiary/aromatic N) is 1. The summed E-state index contributed by atoms with van der Waals surface area (Å²) in [6.45, 7) is 3.18. The van der Waals surface area contributed by atoms with Crippen LogP contribution in [0.15, 0.2) is 18.2 Å². The van der Waals surface area contributed by atoms with Crippen LogP contribution in [0.3, 0.4) is 0 Å². The van der Waals surface area contributed by atoms with Gasteiger partial charge in [-0.2, -0.15) is 0 Å². The number of amides is 1. The van der Waals surface area contributed by atoms with E-state index in [1.807, 2.05) is 0 Å². The number of ether oxygens (including phenoxy) is 1. The fraction of sp³-hybridized carbons (Fsp3) is 0.500. The van der Waals surface area contributed by atoms with Gasteiger partial charge in [-0.15, -0.1) is 0 Å². The molecule has 1 aromatic rings. The Balaban J connectivity index is 2.03. The Bertz CT molecular complexity index is 731. The molecule has 0 spiro atoms. The van der Waals surface area contributed by atoms with Crippen LogP contribution in [0.2, 0.25) is 0 Å². The molecular formula is C14H18N2O6S. The molecule has 0 radical (unpaired) electrons. The zero-order chi connectivity index (χ0) is 17.2. The zero-order valence-corrected chi connectivity index (χ0v) is 13.6. The zero-order valence-electron chi connectivity index (χ0n) is 12.8. The van der Waals surface area contributed by atoms with Crippen molar-refractivity contribution >= 4 is 21.4 Å². The number of sulfone groups is 1. The third kappa shape index (κ3) is 4.41. The highest BCUT2D eigenvalue weighted by atomic mass is 32.2. The van der Waals surface area contributed by atoms with Gasteiger partial charge in [0.1, 0.15) is 0 Å². The SMILES string of the molecule is Cc1ccc(O[C@@H](C)C(=O)N[C@@H]2CCS(=O)(=O)C2)c([N+](=O)[O-])c1. The lowest BCUT2D eigenvalue weighted by atomic mass is 10.2. The molecule has 2 rings (SSSR count). The van der Waals surface area contributed by atoms with Gasteiger partial charge in [0.05, 0.1) is 16.4 Å². The Morgan fingerprint density at radius 1 is 1.48 bits per heavy atom. The summed E-state index contributed by atoms with van der Waals surface area (Å²) < 4.78 is 28.1. The highest BCUT2D eigenvalue weighted by Gasteiger charge is 2.30. The number of nitrogens with one attached hydrogen (secondary N) is 1. The van der Waals surface area contributed by atoms with Crippen molar-refractivity contribution in [1.29, 1.82) is 0 Å². The van der Waals surface area contributed by atoms with E-state index in [1.165, 1.54) is 19.1 Å². The van der Waals surface area contributed by atoms with Crippen molar-refractivity contribution in [2.45, 2.75) is 32.4 Å². The average molecular weight is 342 g/mol. The number of carbonyl (C=O) groups excluding carboxylic acids is 1. The molecule has 8 nitrogen and oxygen atoms in total. The van der Waals surface area contributed by atoms with Crippen LogP contribution in [0.25, 0.3) is 0 Å². The predicted octanol–water partition coefficient (Wildman–Crippen LogP) is 0.974. The summed E-state index contributed by atoms with van der Waals surface area (Å²) in [5, 5.41) is 13.6. The molecule has 0 aromatic heterocycles. The lowest BCUT2D eigenvalue weighted by Crippen LogP contribution is -2.43. The van der Waals surface area contributed by atoms with Crippen LogP contribution in [0.5, 0.6) is 5.75 Å². The molecule has 1 heterocycles. The third-order valence-electron chi connectivity index (χ3n) is 3.56. The Hall–Kier alpha value is -2.16. The van der Waals surface area contributed by atoms with Crippen molar-refractivity contribution in [2.24, 2.45) is 0 Å². The third-order valence-corrected chi connectivity index (χ3v) is 5.33. The quantitative estimate of drug-likeness (QED) is 0.630. The molecule has 1 aliphatic rings. The molecule has 23 heavy (non-hydrogen) atoms. The minimum atomic E-state index is -3.09. The molecule has 2 atom stereocenters. The van der Waals surface area contributed by atoms with Crippen LogP contribution >= 0.6 is 0 Å². The fourth-order valence-electron chi connectivity index (χ4n) is 2.34. The van der Waals surface area contributed by atoms with Gasteiger partial charge in [0.25, 0.3) is 5.91 Å². The molecule has 0 saturated carbocycles. The van der Waals surface area contributed by atoms with Crippen LogP contribution in [0, 0.1) is 17.0 Å². The molecule has 1 aromatic carbocycles. The van der Waals surface area contributed by atoms with Crippen molar-refractivity contribution in [2.75, 3.05) is 11.5 Å². The average Bonchev–Trinajstić information content (AvgIpc) is 2.79. The first kappa shape index (κ1) is 17.2. The molecule has 1 fully saturated rings. The van der Waals surface area contributed by atoms with Gasteiger partial charge in [0.15, 0.2) is 21.7 Å². The van der Waals surface area contributed by atoms with E-state index in [0.717, 1.165) is 0 Å². The molecule has 1 N–H and O–H groups in total. The molecule has 1 aliphatic heterocycles. The van der Waals surface area contributed by atoms with Crippen LogP contribution < -0.4 is 10.1 Å². The summed E-state index contributed by atoms with van der Waals surface area (Å²) >= 11 is 0. The van der Waals surface area contributed by atoms with Crippen molar-refractivity contribution in [1.82, 2.24) is 5.32 Å². The lowest BCUT2D eigenvalue weighted by molar-refractivity contribution is -0.386. The van der Waals surface area contributed by atoms with Crippen molar-refractivity contribution < 1.29 is 22.9 Å². The number of hydrogen-bond acceptors (Lipinski definition) is 6. The normalized spacial score (nSPS) is 20.7. The summed E-state index contributed by atoms with van der Waals surface area (Å²) in [5.41, 5.74) is 0.491. The largest absolute Gasteiger partial charge is 0.474 e. The smallest absolute Gasteiger partial charge is 0.311 e. The number of nitro benzene ring substituents is 1. The minimum Gasteiger partial charge on any atom is -0.474 e. The number of benzene rings is 1. The fourth-order valence-corrected chi connectivity index (χ4v) is 4.01. The maximum Gasteiger partial charge on any atom is 0.311 e. The maximum atomic E-state index is 12.1. The van der Waals surface area contributed by atoms with E-state index >= 15 is 0 Å². The van der Waals surface area contributed by atoms with Crippen LogP contribution in [-0.2, 0) is 14.6 Å². The Morgan fingerprint density at radius 3 is 2.74 bits per heavy atom. The molecule has 0 aliphatic carbocycles. The van der Waals surface area contributed by atoms with Gasteiger partial charge in [-0.25, -0.2) is 8.42 Å². The monoisotopic (exact) mass is 342 g/mol. The van der Waals surface area contributed by atoms with E-state index in [1.54, 1.807) is 13.0 Å². The van der Waals surface area contributed by atoms with E-state index in [9.17, 15) is 23.3 Å². The van der Waals surface area contributed by atoms with Gasteiger partial charge in [-0.1, -0.05) is 6.07 Å². The number of carbonyl (C=O) groups is 1. The summed E-state index contributed by atoms with van der Waals surface area (Å²) in [4.78, 5) is 22.5. The summed E-state index contributed by atoms with van der Waals surface area (Å²) in [6, 6.07) is 4.02. The maximum absolute atomic E-state index is 12.1. The minimum absolute atomic E-state index is 0.00212. The van der Waals surface area contributed by atoms with Gasteiger partial charge >= 0.3 is 5.69 Å². The van der Waals surface area contributed by atoms with E-state index < -0.39 is 32.8 Å². The second-order valence-electron chi connectivity index (χ2n) is 5.60. The van der Waals surface area contributed by atoms with Crippen LogP contribution in [-0.4, -0.2) is 42.9 Å². The Labute approximate surface area is 133 Å². The standard InChI is InChI=1S/C14H18N2O6S/c1-9-3-4-13(12(7-9)16(18)19)22-10(2)14(17)15-11-5-6-23(20,21)8-11/h3-4,7,10-11H,5-6,8H2,1-2H3,(H,15,17)/t10-,11+/m0/s1. The number of aryl methyl sites for hydroxylation is 1. The van der Waals surface area contributed by atoms with Gasteiger partial charge in [0, 0.05) is 12.1 Å². The molecule has 0 unspecified atom stereocenters. The molecule has 1 amide bonds. The molecule has 9 heteroatoms. The number of nitro groups is 1. The van der Waals surface area contributed by atoms with Crippen molar-refractivity contribution in [3.05, 3.63) is 33.9 Å². The Kier molecular flexibility index (Phi) is 4.88. The van der Waals surface area contributed by atoms with Crippen LogP contribution in [0.1, 0.15) is 18.9 Å². The highest BCUT2D eigenvalue weighted by Crippen LogP contribution is 2.28. The highest BCUT2D eigenvalue weighted by molar-refractivity contribution is 7.91. The second kappa shape index (κ2) is 6.53. The van der Waals surface area contributed by atoms with Crippen molar-refractivity contribution in [3.8, 4) is 5.75 Å². The van der Waals surface area contributed by atoms with Crippen molar-refractivity contribution in [3.63, 3.8) is 0 Å². The molecule has 126 valence electrons. The lowest BCUT2D eigenvalue weighted by Gasteiger charge is -2.17. The number of rotatable bonds is 5. The van der Waals surface area contributed by atoms with Gasteiger partial charge in [-0.05, 0) is 31.9 Å². The summed E-state index contributed by atoms with van der Waals surface area (Å²) in [5.74, 6) is -0.531.